The van der Waals surface area contributed by atoms with E-state index < -0.39 is 0 Å². The van der Waals surface area contributed by atoms with Gasteiger partial charge in [0, 0.05) is 12.7 Å². The summed E-state index contributed by atoms with van der Waals surface area (Å²) in [6, 6.07) is 3.53. The molecular weight excluding hydrogens is 192 g/mol. The fourth-order valence-corrected chi connectivity index (χ4v) is 1.38. The predicted molar refractivity (Wildman–Crippen MR) is 60.2 cm³/mol. The summed E-state index contributed by atoms with van der Waals surface area (Å²) in [6.45, 7) is 3.75. The highest BCUT2D eigenvalue weighted by Crippen LogP contribution is 2.02. The van der Waals surface area contributed by atoms with Crippen LogP contribution in [-0.4, -0.2) is 17.7 Å². The van der Waals surface area contributed by atoms with Gasteiger partial charge in [-0.2, -0.15) is 0 Å². The van der Waals surface area contributed by atoms with Crippen molar-refractivity contribution < 1.29 is 4.74 Å². The number of aromatic nitrogens is 1. The van der Waals surface area contributed by atoms with E-state index in [1.807, 2.05) is 13.0 Å². The van der Waals surface area contributed by atoms with E-state index >= 15 is 0 Å². The molecule has 0 amide bonds. The number of hydrogen-bond donors (Lipinski definition) is 1. The van der Waals surface area contributed by atoms with Gasteiger partial charge in [-0.1, -0.05) is 0 Å². The minimum absolute atomic E-state index is 0.0589. The first kappa shape index (κ1) is 11.8. The van der Waals surface area contributed by atoms with E-state index in [-0.39, 0.29) is 5.56 Å². The lowest BCUT2D eigenvalue weighted by molar-refractivity contribution is 0.331. The zero-order valence-electron chi connectivity index (χ0n) is 9.11. The molecular formula is C11H18N2O2. The molecule has 0 aliphatic rings. The minimum Gasteiger partial charge on any atom is -0.488 e. The van der Waals surface area contributed by atoms with E-state index in [0.717, 1.165) is 12.8 Å². The molecule has 4 nitrogen and oxygen atoms in total. The van der Waals surface area contributed by atoms with Crippen LogP contribution in [0, 0.1) is 0 Å². The molecule has 84 valence electrons. The van der Waals surface area contributed by atoms with Crippen molar-refractivity contribution in [3.63, 3.8) is 0 Å². The molecule has 0 aromatic carbocycles. The maximum Gasteiger partial charge on any atom is 0.292 e. The monoisotopic (exact) mass is 210 g/mol. The second-order valence-electron chi connectivity index (χ2n) is 3.30. The molecule has 1 aromatic heterocycles. The van der Waals surface area contributed by atoms with Gasteiger partial charge in [0.25, 0.3) is 5.56 Å². The lowest BCUT2D eigenvalue weighted by Crippen LogP contribution is -2.21. The molecule has 0 unspecified atom stereocenters. The standard InChI is InChI=1S/C11H18N2O2/c1-2-15-10-6-5-9-13(11(10)14)8-4-3-7-12/h5-6,9H,2-4,7-8,12H2,1H3. The number of hydrogen-bond acceptors (Lipinski definition) is 3. The summed E-state index contributed by atoms with van der Waals surface area (Å²) in [4.78, 5) is 11.8. The Morgan fingerprint density at radius 1 is 1.47 bits per heavy atom. The van der Waals surface area contributed by atoms with Crippen LogP contribution in [0.4, 0.5) is 0 Å². The topological polar surface area (TPSA) is 57.2 Å². The van der Waals surface area contributed by atoms with Crippen LogP contribution in [0.15, 0.2) is 23.1 Å². The van der Waals surface area contributed by atoms with Crippen LogP contribution in [0.5, 0.6) is 5.75 Å². The largest absolute Gasteiger partial charge is 0.488 e. The number of nitrogens with zero attached hydrogens (tertiary/aromatic N) is 1. The Labute approximate surface area is 89.7 Å². The van der Waals surface area contributed by atoms with Gasteiger partial charge in [-0.05, 0) is 38.4 Å². The van der Waals surface area contributed by atoms with Gasteiger partial charge >= 0.3 is 0 Å². The van der Waals surface area contributed by atoms with Gasteiger partial charge in [0.2, 0.25) is 0 Å². The quantitative estimate of drug-likeness (QED) is 0.712. The highest BCUT2D eigenvalue weighted by atomic mass is 16.5. The van der Waals surface area contributed by atoms with Crippen molar-refractivity contribution in [2.24, 2.45) is 5.73 Å². The van der Waals surface area contributed by atoms with Crippen molar-refractivity contribution in [2.45, 2.75) is 26.3 Å². The number of pyridine rings is 1. The van der Waals surface area contributed by atoms with Gasteiger partial charge in [-0.25, -0.2) is 0 Å². The maximum atomic E-state index is 11.8. The Hall–Kier alpha value is -1.29. The first-order valence-corrected chi connectivity index (χ1v) is 5.32. The Morgan fingerprint density at radius 2 is 2.27 bits per heavy atom. The Bertz CT molecular complexity index is 347. The molecule has 1 aromatic rings. The van der Waals surface area contributed by atoms with E-state index in [4.69, 9.17) is 10.5 Å². The lowest BCUT2D eigenvalue weighted by atomic mass is 10.3. The Morgan fingerprint density at radius 3 is 2.93 bits per heavy atom. The van der Waals surface area contributed by atoms with Crippen molar-refractivity contribution in [2.75, 3.05) is 13.2 Å². The molecule has 0 radical (unpaired) electrons. The number of nitrogens with two attached hydrogens (primary N) is 1. The zero-order chi connectivity index (χ0) is 11.1. The summed E-state index contributed by atoms with van der Waals surface area (Å²) >= 11 is 0. The smallest absolute Gasteiger partial charge is 0.292 e. The van der Waals surface area contributed by atoms with Crippen LogP contribution < -0.4 is 16.0 Å². The number of ether oxygens (including phenoxy) is 1. The molecule has 1 heterocycles. The van der Waals surface area contributed by atoms with Gasteiger partial charge < -0.3 is 15.0 Å². The van der Waals surface area contributed by atoms with E-state index in [2.05, 4.69) is 0 Å². The van der Waals surface area contributed by atoms with Crippen LogP contribution in [-0.2, 0) is 6.54 Å². The third kappa shape index (κ3) is 3.40. The average Bonchev–Trinajstić information content (AvgIpc) is 2.24. The molecule has 0 aliphatic carbocycles. The normalized spacial score (nSPS) is 10.3. The van der Waals surface area contributed by atoms with Crippen LogP contribution in [0.25, 0.3) is 0 Å². The molecule has 0 saturated carbocycles. The summed E-state index contributed by atoms with van der Waals surface area (Å²) in [7, 11) is 0. The summed E-state index contributed by atoms with van der Waals surface area (Å²) in [5, 5.41) is 0. The molecule has 0 spiro atoms. The Balaban J connectivity index is 2.71. The van der Waals surface area contributed by atoms with Crippen molar-refractivity contribution in [3.8, 4) is 5.75 Å². The number of aryl methyl sites for hydroxylation is 1. The third-order valence-electron chi connectivity index (χ3n) is 2.14. The Kier molecular flexibility index (Phi) is 4.90. The summed E-state index contributed by atoms with van der Waals surface area (Å²) in [6.07, 6.45) is 3.64. The molecule has 4 heteroatoms. The van der Waals surface area contributed by atoms with Gasteiger partial charge in [-0.15, -0.1) is 0 Å². The van der Waals surface area contributed by atoms with Gasteiger partial charge in [0.15, 0.2) is 5.75 Å². The zero-order valence-corrected chi connectivity index (χ0v) is 9.11. The first-order chi connectivity index (χ1) is 7.29. The van der Waals surface area contributed by atoms with E-state index in [1.54, 1.807) is 16.8 Å². The molecule has 0 atom stereocenters. The van der Waals surface area contributed by atoms with Crippen molar-refractivity contribution in [1.29, 1.82) is 0 Å². The average molecular weight is 210 g/mol. The summed E-state index contributed by atoms with van der Waals surface area (Å²) < 4.78 is 6.89. The second kappa shape index (κ2) is 6.24. The fourth-order valence-electron chi connectivity index (χ4n) is 1.38. The van der Waals surface area contributed by atoms with E-state index in [0.29, 0.717) is 25.4 Å². The second-order valence-corrected chi connectivity index (χ2v) is 3.30. The van der Waals surface area contributed by atoms with Crippen molar-refractivity contribution >= 4 is 0 Å². The number of unbranched alkanes of at least 4 members (excludes halogenated alkanes) is 1. The molecule has 0 saturated heterocycles. The van der Waals surface area contributed by atoms with Crippen LogP contribution >= 0.6 is 0 Å². The molecule has 2 N–H and O–H groups in total. The molecule has 0 fully saturated rings. The molecule has 0 aliphatic heterocycles. The fraction of sp³-hybridized carbons (Fsp3) is 0.545. The minimum atomic E-state index is -0.0589. The summed E-state index contributed by atoms with van der Waals surface area (Å²) in [5.41, 5.74) is 5.34. The molecule has 15 heavy (non-hydrogen) atoms. The molecule has 1 rings (SSSR count). The van der Waals surface area contributed by atoms with Crippen LogP contribution in [0.3, 0.4) is 0 Å². The van der Waals surface area contributed by atoms with Gasteiger partial charge in [0.05, 0.1) is 6.61 Å². The van der Waals surface area contributed by atoms with Crippen LogP contribution in [0.2, 0.25) is 0 Å². The van der Waals surface area contributed by atoms with Gasteiger partial charge in [-0.3, -0.25) is 4.79 Å². The lowest BCUT2D eigenvalue weighted by Gasteiger charge is -2.07. The van der Waals surface area contributed by atoms with Crippen LogP contribution in [0.1, 0.15) is 19.8 Å². The molecule has 0 bridgehead atoms. The SMILES string of the molecule is CCOc1cccn(CCCCN)c1=O. The third-order valence-corrected chi connectivity index (χ3v) is 2.14. The highest BCUT2D eigenvalue weighted by molar-refractivity contribution is 5.17. The van der Waals surface area contributed by atoms with Gasteiger partial charge in [0.1, 0.15) is 0 Å². The van der Waals surface area contributed by atoms with Crippen molar-refractivity contribution in [3.05, 3.63) is 28.7 Å². The van der Waals surface area contributed by atoms with Crippen molar-refractivity contribution in [1.82, 2.24) is 4.57 Å². The predicted octanol–water partition coefficient (Wildman–Crippen LogP) is 0.986. The van der Waals surface area contributed by atoms with E-state index in [1.165, 1.54) is 0 Å². The highest BCUT2D eigenvalue weighted by Gasteiger charge is 2.02. The maximum absolute atomic E-state index is 11.8. The first-order valence-electron chi connectivity index (χ1n) is 5.32. The number of rotatable bonds is 6. The summed E-state index contributed by atoms with van der Waals surface area (Å²) in [5.74, 6) is 0.424. The van der Waals surface area contributed by atoms with E-state index in [9.17, 15) is 4.79 Å².